The molecule has 0 aliphatic rings. The third-order valence-electron chi connectivity index (χ3n) is 12.4. The predicted octanol–water partition coefficient (Wildman–Crippen LogP) is 14.6. The summed E-state index contributed by atoms with van der Waals surface area (Å²) in [4.78, 5) is 15.5. The molecule has 0 N–H and O–H groups in total. The molecule has 6 nitrogen and oxygen atoms in total. The molecule has 0 amide bonds. The molecule has 0 saturated carbocycles. The molecular weight excluding hydrogens is 771 g/mol. The first-order valence-electron chi connectivity index (χ1n) is 21.2. The van der Waals surface area contributed by atoms with Crippen LogP contribution in [0.4, 0.5) is 0 Å². The number of hydrogen-bond donors (Lipinski definition) is 0. The van der Waals surface area contributed by atoms with Crippen LogP contribution in [-0.2, 0) is 0 Å². The van der Waals surface area contributed by atoms with Crippen LogP contribution < -0.4 is 0 Å². The van der Waals surface area contributed by atoms with E-state index in [0.717, 1.165) is 94.0 Å². The van der Waals surface area contributed by atoms with E-state index in [1.807, 2.05) is 36.4 Å². The first-order valence-corrected chi connectivity index (χ1v) is 21.2. The number of hydrogen-bond acceptors (Lipinski definition) is 4. The second-order valence-electron chi connectivity index (χ2n) is 16.0. The van der Waals surface area contributed by atoms with Crippen molar-refractivity contribution in [3.05, 3.63) is 212 Å². The van der Waals surface area contributed by atoms with Crippen LogP contribution >= 0.6 is 0 Å². The fraction of sp³-hybridized carbons (Fsp3) is 0. The maximum absolute atomic E-state index is 7.25. The van der Waals surface area contributed by atoms with Gasteiger partial charge in [-0.05, 0) is 59.7 Å². The summed E-state index contributed by atoms with van der Waals surface area (Å²) in [5.41, 5.74) is 12.9. The van der Waals surface area contributed by atoms with Gasteiger partial charge in [0, 0.05) is 49.1 Å². The quantitative estimate of drug-likeness (QED) is 0.168. The zero-order valence-corrected chi connectivity index (χ0v) is 33.9. The van der Waals surface area contributed by atoms with Crippen LogP contribution in [-0.4, -0.2) is 24.1 Å². The lowest BCUT2D eigenvalue weighted by molar-refractivity contribution is 0.671. The van der Waals surface area contributed by atoms with Gasteiger partial charge in [-0.25, -0.2) is 15.0 Å². The Kier molecular flexibility index (Phi) is 7.80. The highest BCUT2D eigenvalue weighted by molar-refractivity contribution is 6.24. The molecule has 9 aromatic carbocycles. The van der Waals surface area contributed by atoms with Gasteiger partial charge in [0.25, 0.3) is 0 Å². The van der Waals surface area contributed by atoms with Crippen molar-refractivity contribution in [3.63, 3.8) is 0 Å². The molecule has 0 aliphatic heterocycles. The number of furan rings is 1. The average molecular weight is 806 g/mol. The van der Waals surface area contributed by atoms with Crippen molar-refractivity contribution in [2.75, 3.05) is 0 Å². The summed E-state index contributed by atoms with van der Waals surface area (Å²) in [7, 11) is 0. The summed E-state index contributed by atoms with van der Waals surface area (Å²) >= 11 is 0. The topological polar surface area (TPSA) is 61.7 Å². The van der Waals surface area contributed by atoms with E-state index in [1.165, 1.54) is 10.8 Å². The first kappa shape index (κ1) is 35.2. The van der Waals surface area contributed by atoms with Crippen LogP contribution in [0.5, 0.6) is 0 Å². The molecule has 0 radical (unpaired) electrons. The van der Waals surface area contributed by atoms with Crippen molar-refractivity contribution in [1.82, 2.24) is 24.1 Å². The summed E-state index contributed by atoms with van der Waals surface area (Å²) in [6, 6.07) is 74.3. The third-order valence-corrected chi connectivity index (χ3v) is 12.4. The summed E-state index contributed by atoms with van der Waals surface area (Å²) in [5.74, 6) is 1.73. The van der Waals surface area contributed by atoms with Crippen LogP contribution in [0.1, 0.15) is 0 Å². The molecule has 4 heterocycles. The van der Waals surface area contributed by atoms with Gasteiger partial charge in [-0.15, -0.1) is 0 Å². The number of para-hydroxylation sites is 5. The lowest BCUT2D eigenvalue weighted by Crippen LogP contribution is -2.00. The number of nitrogens with zero attached hydrogens (tertiary/aromatic N) is 5. The van der Waals surface area contributed by atoms with Crippen molar-refractivity contribution >= 4 is 65.6 Å². The molecule has 0 fully saturated rings. The van der Waals surface area contributed by atoms with E-state index in [2.05, 4.69) is 185 Å². The lowest BCUT2D eigenvalue weighted by Gasteiger charge is -2.14. The van der Waals surface area contributed by atoms with Crippen LogP contribution in [0.25, 0.3) is 122 Å². The minimum atomic E-state index is 0.544. The van der Waals surface area contributed by atoms with Crippen molar-refractivity contribution in [2.24, 2.45) is 0 Å². The van der Waals surface area contributed by atoms with Crippen molar-refractivity contribution < 1.29 is 4.42 Å². The molecule has 0 aliphatic carbocycles. The SMILES string of the molecule is c1ccc(-c2cccc(-c3nc(-c4ccccc4)nc(-c4cccc5c4oc4c5ccc5c6cccc(-n7c8ccccc8c8ccccc87)c6n(-c6ccccc6)c54)n3)c2)cc1. The predicted molar refractivity (Wildman–Crippen MR) is 258 cm³/mol. The molecule has 0 unspecified atom stereocenters. The van der Waals surface area contributed by atoms with Gasteiger partial charge in [0.1, 0.15) is 5.58 Å². The Labute approximate surface area is 361 Å². The fourth-order valence-corrected chi connectivity index (χ4v) is 9.57. The molecule has 0 atom stereocenters. The van der Waals surface area contributed by atoms with E-state index in [0.29, 0.717) is 17.5 Å². The van der Waals surface area contributed by atoms with Crippen LogP contribution in [0.2, 0.25) is 0 Å². The van der Waals surface area contributed by atoms with Crippen molar-refractivity contribution in [2.45, 2.75) is 0 Å². The molecule has 6 heteroatoms. The van der Waals surface area contributed by atoms with Gasteiger partial charge in [0.2, 0.25) is 0 Å². The van der Waals surface area contributed by atoms with E-state index in [1.54, 1.807) is 0 Å². The van der Waals surface area contributed by atoms with Crippen molar-refractivity contribution in [1.29, 1.82) is 0 Å². The Hall–Kier alpha value is -8.61. The Balaban J connectivity index is 1.08. The summed E-state index contributed by atoms with van der Waals surface area (Å²) < 4.78 is 12.1. The Morgan fingerprint density at radius 3 is 1.57 bits per heavy atom. The number of rotatable bonds is 6. The summed E-state index contributed by atoms with van der Waals surface area (Å²) in [5, 5.41) is 6.71. The largest absolute Gasteiger partial charge is 0.453 e. The smallest absolute Gasteiger partial charge is 0.167 e. The van der Waals surface area contributed by atoms with Gasteiger partial charge in [-0.1, -0.05) is 164 Å². The zero-order chi connectivity index (χ0) is 41.4. The van der Waals surface area contributed by atoms with Crippen LogP contribution in [0.3, 0.4) is 0 Å². The van der Waals surface area contributed by atoms with Gasteiger partial charge in [0.05, 0.1) is 33.3 Å². The van der Waals surface area contributed by atoms with Crippen LogP contribution in [0.15, 0.2) is 217 Å². The van der Waals surface area contributed by atoms with E-state index < -0.39 is 0 Å². The normalized spacial score (nSPS) is 11.8. The van der Waals surface area contributed by atoms with Gasteiger partial charge < -0.3 is 13.6 Å². The summed E-state index contributed by atoms with van der Waals surface area (Å²) in [6.07, 6.45) is 0. The maximum atomic E-state index is 7.25. The number of fused-ring (bicyclic) bond motifs is 10. The molecule has 4 aromatic heterocycles. The molecule has 63 heavy (non-hydrogen) atoms. The lowest BCUT2D eigenvalue weighted by atomic mass is 10.0. The van der Waals surface area contributed by atoms with Gasteiger partial charge >= 0.3 is 0 Å². The maximum Gasteiger partial charge on any atom is 0.167 e. The molecule has 0 saturated heterocycles. The van der Waals surface area contributed by atoms with Gasteiger partial charge in [-0.3, -0.25) is 0 Å². The standard InChI is InChI=1S/C57H35N5O/c1-4-17-36(18-5-1)38-21-14-22-39(35-38)56-58-55(37-19-6-2-7-20-37)59-57(60-56)47-29-15-28-45-46-34-33-44-43-27-16-32-50(62-48-30-12-10-25-41(48)42-26-11-13-31-49(42)62)51(43)61(40-23-8-3-9-24-40)52(44)54(46)63-53(45)47/h1-35H. The van der Waals surface area contributed by atoms with E-state index in [-0.39, 0.29) is 0 Å². The number of benzene rings is 9. The molecule has 294 valence electrons. The third kappa shape index (κ3) is 5.48. The molecule has 0 spiro atoms. The van der Waals surface area contributed by atoms with E-state index in [4.69, 9.17) is 19.4 Å². The van der Waals surface area contributed by atoms with E-state index >= 15 is 0 Å². The highest BCUT2D eigenvalue weighted by Crippen LogP contribution is 2.45. The molecule has 0 bridgehead atoms. The van der Waals surface area contributed by atoms with Crippen molar-refractivity contribution in [3.8, 4) is 56.7 Å². The minimum absolute atomic E-state index is 0.544. The van der Waals surface area contributed by atoms with Crippen LogP contribution in [0, 0.1) is 0 Å². The highest BCUT2D eigenvalue weighted by atomic mass is 16.3. The summed E-state index contributed by atoms with van der Waals surface area (Å²) in [6.45, 7) is 0. The second-order valence-corrected chi connectivity index (χ2v) is 16.0. The monoisotopic (exact) mass is 805 g/mol. The first-order chi connectivity index (χ1) is 31.3. The highest BCUT2D eigenvalue weighted by Gasteiger charge is 2.25. The Morgan fingerprint density at radius 2 is 0.825 bits per heavy atom. The average Bonchev–Trinajstić information content (AvgIpc) is 4.03. The minimum Gasteiger partial charge on any atom is -0.453 e. The van der Waals surface area contributed by atoms with E-state index in [9.17, 15) is 0 Å². The van der Waals surface area contributed by atoms with Gasteiger partial charge in [0.15, 0.2) is 23.1 Å². The number of aromatic nitrogens is 5. The Bertz CT molecular complexity index is 3850. The molecular formula is C57H35N5O. The van der Waals surface area contributed by atoms with Gasteiger partial charge in [-0.2, -0.15) is 0 Å². The second kappa shape index (κ2) is 14.0. The molecule has 13 rings (SSSR count). The molecule has 13 aromatic rings. The Morgan fingerprint density at radius 1 is 0.317 bits per heavy atom. The zero-order valence-electron chi connectivity index (χ0n) is 33.9. The fourth-order valence-electron chi connectivity index (χ4n) is 9.57.